The van der Waals surface area contributed by atoms with Gasteiger partial charge in [0.2, 0.25) is 0 Å². The molecule has 0 aliphatic rings. The van der Waals surface area contributed by atoms with Crippen molar-refractivity contribution in [3.05, 3.63) is 0 Å². The summed E-state index contributed by atoms with van der Waals surface area (Å²) < 4.78 is 5.57. The van der Waals surface area contributed by atoms with Crippen LogP contribution in [0.25, 0.3) is 0 Å². The quantitative estimate of drug-likeness (QED) is 0.297. The lowest BCUT2D eigenvalue weighted by Gasteiger charge is -2.18. The second kappa shape index (κ2) is 12.8. The molecule has 0 saturated heterocycles. The number of aliphatic hydroxyl groups is 1. The number of hydrogen-bond acceptors (Lipinski definition) is 6. The summed E-state index contributed by atoms with van der Waals surface area (Å²) in [6.45, 7) is 5.43. The Balaban J connectivity index is 3.35. The number of nitrogens with zero attached hydrogens (tertiary/aromatic N) is 2. The fraction of sp³-hybridized carbons (Fsp3) is 1.00. The molecule has 6 nitrogen and oxygen atoms in total. The number of aliphatic hydroxyl groups excluding tert-OH is 1. The SMILES string of the molecule is CN(C)CCNCCCOC(CO)NCCN(C)C. The van der Waals surface area contributed by atoms with Crippen LogP contribution >= 0.6 is 0 Å². The fourth-order valence-electron chi connectivity index (χ4n) is 1.48. The number of ether oxygens (including phenoxy) is 1. The predicted molar refractivity (Wildman–Crippen MR) is 79.4 cm³/mol. The summed E-state index contributed by atoms with van der Waals surface area (Å²) in [4.78, 5) is 4.25. The molecule has 0 fully saturated rings. The zero-order valence-electron chi connectivity index (χ0n) is 13.0. The van der Waals surface area contributed by atoms with Gasteiger partial charge >= 0.3 is 0 Å². The highest BCUT2D eigenvalue weighted by Crippen LogP contribution is 1.89. The van der Waals surface area contributed by atoms with Crippen LogP contribution in [0.1, 0.15) is 6.42 Å². The number of hydrogen-bond donors (Lipinski definition) is 3. The van der Waals surface area contributed by atoms with E-state index in [2.05, 4.69) is 34.5 Å². The maximum Gasteiger partial charge on any atom is 0.131 e. The zero-order chi connectivity index (χ0) is 14.5. The Morgan fingerprint density at radius 3 is 2.21 bits per heavy atom. The molecule has 0 rings (SSSR count). The molecule has 0 heterocycles. The summed E-state index contributed by atoms with van der Waals surface area (Å²) in [6.07, 6.45) is 0.709. The van der Waals surface area contributed by atoms with E-state index in [0.29, 0.717) is 6.61 Å². The van der Waals surface area contributed by atoms with Gasteiger partial charge in [0.1, 0.15) is 6.23 Å². The molecular weight excluding hydrogens is 244 g/mol. The van der Waals surface area contributed by atoms with Gasteiger partial charge in [-0.3, -0.25) is 5.32 Å². The molecule has 19 heavy (non-hydrogen) atoms. The Morgan fingerprint density at radius 1 is 1.00 bits per heavy atom. The molecule has 0 amide bonds. The second-order valence-electron chi connectivity index (χ2n) is 5.21. The average Bonchev–Trinajstić information content (AvgIpc) is 2.34. The van der Waals surface area contributed by atoms with E-state index in [1.165, 1.54) is 0 Å². The lowest BCUT2D eigenvalue weighted by Crippen LogP contribution is -2.39. The monoisotopic (exact) mass is 276 g/mol. The van der Waals surface area contributed by atoms with Crippen LogP contribution in [0.2, 0.25) is 0 Å². The van der Waals surface area contributed by atoms with Crippen molar-refractivity contribution >= 4 is 0 Å². The first-order valence-corrected chi connectivity index (χ1v) is 7.02. The first-order chi connectivity index (χ1) is 9.06. The molecule has 0 aromatic heterocycles. The maximum atomic E-state index is 9.17. The van der Waals surface area contributed by atoms with Crippen molar-refractivity contribution < 1.29 is 9.84 Å². The summed E-state index contributed by atoms with van der Waals surface area (Å²) in [5.74, 6) is 0. The standard InChI is InChI=1S/C13H32N4O2/c1-16(2)9-7-14-6-5-11-19-13(12-18)15-8-10-17(3)4/h13-15,18H,5-12H2,1-4H3. The van der Waals surface area contributed by atoms with Gasteiger partial charge in [0.25, 0.3) is 0 Å². The van der Waals surface area contributed by atoms with E-state index in [1.54, 1.807) is 0 Å². The van der Waals surface area contributed by atoms with Crippen LogP contribution in [0, 0.1) is 0 Å². The summed E-state index contributed by atoms with van der Waals surface area (Å²) in [5.41, 5.74) is 0. The summed E-state index contributed by atoms with van der Waals surface area (Å²) >= 11 is 0. The Kier molecular flexibility index (Phi) is 12.6. The minimum absolute atomic E-state index is 0.0154. The lowest BCUT2D eigenvalue weighted by atomic mass is 10.4. The molecule has 0 aromatic carbocycles. The third kappa shape index (κ3) is 14.0. The molecule has 0 aliphatic heterocycles. The van der Waals surface area contributed by atoms with Gasteiger partial charge in [-0.1, -0.05) is 0 Å². The van der Waals surface area contributed by atoms with E-state index in [0.717, 1.165) is 39.1 Å². The average molecular weight is 276 g/mol. The van der Waals surface area contributed by atoms with Gasteiger partial charge in [-0.25, -0.2) is 0 Å². The van der Waals surface area contributed by atoms with Gasteiger partial charge in [0.15, 0.2) is 0 Å². The van der Waals surface area contributed by atoms with Crippen molar-refractivity contribution in [3.63, 3.8) is 0 Å². The van der Waals surface area contributed by atoms with Crippen LogP contribution in [-0.2, 0) is 4.74 Å². The molecule has 1 unspecified atom stereocenters. The van der Waals surface area contributed by atoms with E-state index in [4.69, 9.17) is 4.74 Å². The number of likely N-dealkylation sites (N-methyl/N-ethyl adjacent to an activating group) is 2. The third-order valence-electron chi connectivity index (χ3n) is 2.65. The van der Waals surface area contributed by atoms with Gasteiger partial charge in [-0.05, 0) is 41.2 Å². The normalized spacial score (nSPS) is 13.4. The molecule has 116 valence electrons. The Labute approximate surface area is 118 Å². The highest BCUT2D eigenvalue weighted by Gasteiger charge is 2.05. The van der Waals surface area contributed by atoms with Crippen LogP contribution in [-0.4, -0.2) is 95.3 Å². The van der Waals surface area contributed by atoms with Crippen molar-refractivity contribution in [2.45, 2.75) is 12.6 Å². The van der Waals surface area contributed by atoms with Gasteiger partial charge in [-0.15, -0.1) is 0 Å². The van der Waals surface area contributed by atoms with E-state index in [9.17, 15) is 5.11 Å². The molecule has 0 spiro atoms. The van der Waals surface area contributed by atoms with Crippen LogP contribution in [0.4, 0.5) is 0 Å². The molecular formula is C13H32N4O2. The largest absolute Gasteiger partial charge is 0.392 e. The molecule has 0 bridgehead atoms. The summed E-state index contributed by atoms with van der Waals surface area (Å²) in [5, 5.41) is 15.7. The Morgan fingerprint density at radius 2 is 1.63 bits per heavy atom. The topological polar surface area (TPSA) is 60.0 Å². The lowest BCUT2D eigenvalue weighted by molar-refractivity contribution is -0.00921. The minimum Gasteiger partial charge on any atom is -0.392 e. The van der Waals surface area contributed by atoms with Crippen molar-refractivity contribution in [3.8, 4) is 0 Å². The molecule has 6 heteroatoms. The zero-order valence-corrected chi connectivity index (χ0v) is 13.0. The molecule has 0 radical (unpaired) electrons. The van der Waals surface area contributed by atoms with E-state index in [-0.39, 0.29) is 12.8 Å². The van der Waals surface area contributed by atoms with Gasteiger partial charge in [0.05, 0.1) is 6.61 Å². The van der Waals surface area contributed by atoms with Crippen molar-refractivity contribution in [1.29, 1.82) is 0 Å². The molecule has 0 aliphatic carbocycles. The highest BCUT2D eigenvalue weighted by molar-refractivity contribution is 4.57. The molecule has 1 atom stereocenters. The minimum atomic E-state index is -0.248. The van der Waals surface area contributed by atoms with Crippen molar-refractivity contribution in [1.82, 2.24) is 20.4 Å². The summed E-state index contributed by atoms with van der Waals surface area (Å²) in [7, 11) is 8.18. The van der Waals surface area contributed by atoms with Crippen molar-refractivity contribution in [2.24, 2.45) is 0 Å². The van der Waals surface area contributed by atoms with Crippen LogP contribution in [0.3, 0.4) is 0 Å². The number of rotatable bonds is 13. The van der Waals surface area contributed by atoms with Crippen LogP contribution < -0.4 is 10.6 Å². The van der Waals surface area contributed by atoms with E-state index in [1.807, 2.05) is 14.1 Å². The van der Waals surface area contributed by atoms with Gasteiger partial charge in [-0.2, -0.15) is 0 Å². The predicted octanol–water partition coefficient (Wildman–Crippen LogP) is -0.986. The maximum absolute atomic E-state index is 9.17. The van der Waals surface area contributed by atoms with Gasteiger partial charge in [0, 0.05) is 32.8 Å². The van der Waals surface area contributed by atoms with Crippen LogP contribution in [0.15, 0.2) is 0 Å². The van der Waals surface area contributed by atoms with Gasteiger partial charge < -0.3 is 25.0 Å². The molecule has 0 aromatic rings. The smallest absolute Gasteiger partial charge is 0.131 e. The third-order valence-corrected chi connectivity index (χ3v) is 2.65. The van der Waals surface area contributed by atoms with Crippen molar-refractivity contribution in [2.75, 3.05) is 74.1 Å². The van der Waals surface area contributed by atoms with Crippen LogP contribution in [0.5, 0.6) is 0 Å². The Bertz CT molecular complexity index is 191. The molecule has 0 saturated carbocycles. The number of nitrogens with one attached hydrogen (secondary N) is 2. The first kappa shape index (κ1) is 18.8. The first-order valence-electron chi connectivity index (χ1n) is 7.02. The highest BCUT2D eigenvalue weighted by atomic mass is 16.5. The second-order valence-corrected chi connectivity index (χ2v) is 5.21. The fourth-order valence-corrected chi connectivity index (χ4v) is 1.48. The van der Waals surface area contributed by atoms with E-state index < -0.39 is 0 Å². The summed E-state index contributed by atoms with van der Waals surface area (Å²) in [6, 6.07) is 0. The molecule has 3 N–H and O–H groups in total. The van der Waals surface area contributed by atoms with E-state index >= 15 is 0 Å². The Hall–Kier alpha value is -0.240.